The number of nitrogens with zero attached hydrogens (tertiary/aromatic N) is 1. The molecule has 1 amide bonds. The normalized spacial score (nSPS) is 41.0. The summed E-state index contributed by atoms with van der Waals surface area (Å²) in [5, 5.41) is 18.7. The van der Waals surface area contributed by atoms with Gasteiger partial charge in [-0.3, -0.25) is 4.90 Å². The molecule has 2 rings (SSSR count). The fourth-order valence-corrected chi connectivity index (χ4v) is 1.70. The molecule has 2 N–H and O–H groups in total. The van der Waals surface area contributed by atoms with Crippen molar-refractivity contribution in [3.8, 4) is 0 Å². The summed E-state index contributed by atoms with van der Waals surface area (Å²) in [5.74, 6) is 0. The van der Waals surface area contributed by atoms with Crippen LogP contribution in [-0.4, -0.2) is 52.6 Å². The molecule has 0 radical (unpaired) electrons. The van der Waals surface area contributed by atoms with Crippen LogP contribution in [0.1, 0.15) is 6.42 Å². The summed E-state index contributed by atoms with van der Waals surface area (Å²) in [6.45, 7) is 0.665. The Morgan fingerprint density at radius 1 is 1.50 bits per heavy atom. The van der Waals surface area contributed by atoms with E-state index < -0.39 is 12.2 Å². The van der Waals surface area contributed by atoms with E-state index in [9.17, 15) is 15.0 Å². The van der Waals surface area contributed by atoms with Crippen LogP contribution in [0.25, 0.3) is 0 Å². The van der Waals surface area contributed by atoms with E-state index in [-0.39, 0.29) is 18.7 Å². The molecule has 0 aromatic heterocycles. The summed E-state index contributed by atoms with van der Waals surface area (Å²) in [6.07, 6.45) is -1.54. The zero-order valence-electron chi connectivity index (χ0n) is 6.51. The highest BCUT2D eigenvalue weighted by Gasteiger charge is 2.43. The van der Waals surface area contributed by atoms with E-state index in [1.54, 1.807) is 0 Å². The van der Waals surface area contributed by atoms with Crippen LogP contribution in [0.3, 0.4) is 0 Å². The average Bonchev–Trinajstić information content (AvgIpc) is 2.41. The first-order chi connectivity index (χ1) is 5.70. The van der Waals surface area contributed by atoms with Crippen LogP contribution in [0.4, 0.5) is 4.79 Å². The minimum Gasteiger partial charge on any atom is -0.447 e. The molecule has 2 saturated heterocycles. The molecule has 12 heavy (non-hydrogen) atoms. The monoisotopic (exact) mass is 173 g/mol. The third-order valence-corrected chi connectivity index (χ3v) is 2.47. The number of aliphatic hydroxyl groups is 2. The fourth-order valence-electron chi connectivity index (χ4n) is 1.70. The van der Waals surface area contributed by atoms with Crippen molar-refractivity contribution in [2.24, 2.45) is 0 Å². The summed E-state index contributed by atoms with van der Waals surface area (Å²) in [6, 6.07) is -0.346. The van der Waals surface area contributed by atoms with Crippen LogP contribution < -0.4 is 0 Å². The number of carbonyl (C=O) groups is 1. The maximum absolute atomic E-state index is 11.0. The standard InChI is InChI=1S/C7H11NO4/c9-5-1-2-8-4(6(5)10)3-12-7(8)11/h4-6,9-10H,1-3H2/t4-,5+,6-/m0/s1. The summed E-state index contributed by atoms with van der Waals surface area (Å²) >= 11 is 0. The lowest BCUT2D eigenvalue weighted by Gasteiger charge is -2.34. The highest BCUT2D eigenvalue weighted by Crippen LogP contribution is 2.23. The van der Waals surface area contributed by atoms with Crippen molar-refractivity contribution in [3.63, 3.8) is 0 Å². The van der Waals surface area contributed by atoms with Crippen molar-refractivity contribution in [1.29, 1.82) is 0 Å². The highest BCUT2D eigenvalue weighted by molar-refractivity contribution is 5.70. The number of hydrogen-bond donors (Lipinski definition) is 2. The summed E-state index contributed by atoms with van der Waals surface area (Å²) in [5.41, 5.74) is 0. The highest BCUT2D eigenvalue weighted by atomic mass is 16.6. The quantitative estimate of drug-likeness (QED) is 0.489. The summed E-state index contributed by atoms with van der Waals surface area (Å²) in [7, 11) is 0. The number of amides is 1. The molecule has 0 spiro atoms. The Hall–Kier alpha value is -0.810. The van der Waals surface area contributed by atoms with Crippen molar-refractivity contribution >= 4 is 6.09 Å². The zero-order chi connectivity index (χ0) is 8.72. The Labute approximate surface area is 69.5 Å². The smallest absolute Gasteiger partial charge is 0.410 e. The molecule has 0 unspecified atom stereocenters. The minimum absolute atomic E-state index is 0.192. The Bertz CT molecular complexity index is 208. The first kappa shape index (κ1) is 7.82. The molecule has 0 saturated carbocycles. The lowest BCUT2D eigenvalue weighted by Crippen LogP contribution is -2.53. The zero-order valence-corrected chi connectivity index (χ0v) is 6.51. The van der Waals surface area contributed by atoms with Gasteiger partial charge < -0.3 is 14.9 Å². The second kappa shape index (κ2) is 2.60. The van der Waals surface area contributed by atoms with E-state index >= 15 is 0 Å². The molecular formula is C7H11NO4. The van der Waals surface area contributed by atoms with Gasteiger partial charge in [-0.25, -0.2) is 4.79 Å². The van der Waals surface area contributed by atoms with Gasteiger partial charge in [-0.05, 0) is 6.42 Å². The molecule has 5 heteroatoms. The Morgan fingerprint density at radius 2 is 2.25 bits per heavy atom. The fraction of sp³-hybridized carbons (Fsp3) is 0.857. The number of piperidine rings is 1. The van der Waals surface area contributed by atoms with E-state index in [0.717, 1.165) is 0 Å². The molecule has 2 aliphatic rings. The molecule has 68 valence electrons. The molecule has 2 aliphatic heterocycles. The van der Waals surface area contributed by atoms with E-state index in [1.165, 1.54) is 4.90 Å². The number of fused-ring (bicyclic) bond motifs is 1. The number of ether oxygens (including phenoxy) is 1. The molecular weight excluding hydrogens is 162 g/mol. The van der Waals surface area contributed by atoms with E-state index in [2.05, 4.69) is 0 Å². The maximum Gasteiger partial charge on any atom is 0.410 e. The number of hydrogen-bond acceptors (Lipinski definition) is 4. The minimum atomic E-state index is -0.856. The van der Waals surface area contributed by atoms with Crippen LogP contribution in [0, 0.1) is 0 Å². The topological polar surface area (TPSA) is 70.0 Å². The SMILES string of the molecule is O=C1OC[C@H]2[C@H](O)[C@H](O)CCN12. The van der Waals surface area contributed by atoms with Gasteiger partial charge in [0.2, 0.25) is 0 Å². The summed E-state index contributed by atoms with van der Waals surface area (Å²) in [4.78, 5) is 12.4. The van der Waals surface area contributed by atoms with E-state index in [1.807, 2.05) is 0 Å². The number of aliphatic hydroxyl groups excluding tert-OH is 2. The van der Waals surface area contributed by atoms with E-state index in [4.69, 9.17) is 4.74 Å². The van der Waals surface area contributed by atoms with Crippen LogP contribution >= 0.6 is 0 Å². The van der Waals surface area contributed by atoms with E-state index in [0.29, 0.717) is 13.0 Å². The van der Waals surface area contributed by atoms with Crippen molar-refractivity contribution in [1.82, 2.24) is 4.90 Å². The second-order valence-electron chi connectivity index (χ2n) is 3.18. The largest absolute Gasteiger partial charge is 0.447 e. The van der Waals surface area contributed by atoms with Gasteiger partial charge in [0, 0.05) is 6.54 Å². The van der Waals surface area contributed by atoms with Gasteiger partial charge in [0.15, 0.2) is 0 Å². The Balaban J connectivity index is 2.14. The van der Waals surface area contributed by atoms with Gasteiger partial charge in [0.25, 0.3) is 0 Å². The van der Waals surface area contributed by atoms with Gasteiger partial charge in [-0.2, -0.15) is 0 Å². The van der Waals surface area contributed by atoms with Crippen LogP contribution in [0.15, 0.2) is 0 Å². The molecule has 2 fully saturated rings. The predicted octanol–water partition coefficient (Wildman–Crippen LogP) is -1.07. The van der Waals surface area contributed by atoms with Gasteiger partial charge >= 0.3 is 6.09 Å². The van der Waals surface area contributed by atoms with Crippen LogP contribution in [0.5, 0.6) is 0 Å². The molecule has 2 heterocycles. The second-order valence-corrected chi connectivity index (χ2v) is 3.18. The third kappa shape index (κ3) is 0.971. The molecule has 0 aromatic carbocycles. The van der Waals surface area contributed by atoms with Gasteiger partial charge in [0.05, 0.1) is 12.1 Å². The lowest BCUT2D eigenvalue weighted by molar-refractivity contribution is -0.0523. The number of rotatable bonds is 0. The van der Waals surface area contributed by atoms with Crippen molar-refractivity contribution < 1.29 is 19.7 Å². The van der Waals surface area contributed by atoms with Crippen molar-refractivity contribution in [2.45, 2.75) is 24.7 Å². The van der Waals surface area contributed by atoms with Crippen molar-refractivity contribution in [2.75, 3.05) is 13.2 Å². The molecule has 0 bridgehead atoms. The van der Waals surface area contributed by atoms with Gasteiger partial charge in [-0.15, -0.1) is 0 Å². The lowest BCUT2D eigenvalue weighted by atomic mass is 9.98. The Morgan fingerprint density at radius 3 is 3.00 bits per heavy atom. The molecule has 3 atom stereocenters. The number of carbonyl (C=O) groups excluding carboxylic acids is 1. The first-order valence-electron chi connectivity index (χ1n) is 3.99. The first-order valence-corrected chi connectivity index (χ1v) is 3.99. The molecule has 0 aliphatic carbocycles. The van der Waals surface area contributed by atoms with Gasteiger partial charge in [0.1, 0.15) is 12.7 Å². The van der Waals surface area contributed by atoms with Gasteiger partial charge in [-0.1, -0.05) is 0 Å². The summed E-state index contributed by atoms with van der Waals surface area (Å²) < 4.78 is 4.73. The number of cyclic esters (lactones) is 1. The average molecular weight is 173 g/mol. The Kier molecular flexibility index (Phi) is 1.69. The van der Waals surface area contributed by atoms with Crippen LogP contribution in [-0.2, 0) is 4.74 Å². The molecule has 5 nitrogen and oxygen atoms in total. The van der Waals surface area contributed by atoms with Crippen LogP contribution in [0.2, 0.25) is 0 Å². The molecule has 0 aromatic rings. The maximum atomic E-state index is 11.0. The van der Waals surface area contributed by atoms with Crippen molar-refractivity contribution in [3.05, 3.63) is 0 Å². The predicted molar refractivity (Wildman–Crippen MR) is 38.5 cm³/mol. The third-order valence-electron chi connectivity index (χ3n) is 2.47.